The average Bonchev–Trinajstić information content (AvgIpc) is 2.42. The predicted octanol–water partition coefficient (Wildman–Crippen LogP) is 5.08. The molecule has 2 rings (SSSR count). The number of hydrogen-bond donors (Lipinski definition) is 1. The highest BCUT2D eigenvalue weighted by Crippen LogP contribution is 2.34. The number of methoxy groups -OCH3 is 1. The Labute approximate surface area is 127 Å². The van der Waals surface area contributed by atoms with Crippen LogP contribution in [0, 0.1) is 12.7 Å². The quantitative estimate of drug-likeness (QED) is 0.840. The fourth-order valence-electron chi connectivity index (χ4n) is 2.11. The van der Waals surface area contributed by atoms with Gasteiger partial charge in [0.25, 0.3) is 0 Å². The minimum Gasteiger partial charge on any atom is -0.495 e. The van der Waals surface area contributed by atoms with Crippen LogP contribution in [0.25, 0.3) is 0 Å². The number of aryl methyl sites for hydroxylation is 1. The lowest BCUT2D eigenvalue weighted by Gasteiger charge is -2.20. The lowest BCUT2D eigenvalue weighted by molar-refractivity contribution is 0.415. The summed E-state index contributed by atoms with van der Waals surface area (Å²) in [6, 6.07) is 10.5. The zero-order chi connectivity index (χ0) is 14.7. The lowest BCUT2D eigenvalue weighted by Crippen LogP contribution is -2.09. The molecule has 2 aromatic carbocycles. The van der Waals surface area contributed by atoms with Crippen molar-refractivity contribution in [3.05, 3.63) is 57.8 Å². The van der Waals surface area contributed by atoms with Gasteiger partial charge in [0.2, 0.25) is 0 Å². The van der Waals surface area contributed by atoms with Crippen molar-refractivity contribution < 1.29 is 9.13 Å². The van der Waals surface area contributed by atoms with Gasteiger partial charge >= 0.3 is 0 Å². The normalized spacial score (nSPS) is 12.1. The second kappa shape index (κ2) is 6.27. The first kappa shape index (κ1) is 14.9. The first-order chi connectivity index (χ1) is 9.51. The van der Waals surface area contributed by atoms with Crippen LogP contribution in [0.1, 0.15) is 24.1 Å². The molecule has 0 aliphatic rings. The Morgan fingerprint density at radius 1 is 1.20 bits per heavy atom. The van der Waals surface area contributed by atoms with Gasteiger partial charge in [0.1, 0.15) is 11.6 Å². The fourth-order valence-corrected chi connectivity index (χ4v) is 2.66. The minimum absolute atomic E-state index is 0.0596. The molecule has 1 atom stereocenters. The molecule has 2 nitrogen and oxygen atoms in total. The molecule has 0 fully saturated rings. The third-order valence-corrected chi connectivity index (χ3v) is 3.67. The molecular weight excluding hydrogens is 321 g/mol. The molecule has 0 radical (unpaired) electrons. The smallest absolute Gasteiger partial charge is 0.143 e. The summed E-state index contributed by atoms with van der Waals surface area (Å²) in [7, 11) is 1.65. The molecular formula is C16H17BrFNO. The van der Waals surface area contributed by atoms with Gasteiger partial charge in [-0.1, -0.05) is 28.1 Å². The molecule has 0 saturated carbocycles. The maximum atomic E-state index is 13.0. The van der Waals surface area contributed by atoms with Crippen LogP contribution in [-0.4, -0.2) is 7.11 Å². The SMILES string of the molecule is COc1cc(Br)cc(C)c1NC(C)c1ccc(F)cc1. The van der Waals surface area contributed by atoms with Crippen LogP contribution >= 0.6 is 15.9 Å². The van der Waals surface area contributed by atoms with Crippen molar-refractivity contribution in [1.29, 1.82) is 0 Å². The third kappa shape index (κ3) is 3.31. The summed E-state index contributed by atoms with van der Waals surface area (Å²) >= 11 is 3.46. The lowest BCUT2D eigenvalue weighted by atomic mass is 10.1. The second-order valence-corrected chi connectivity index (χ2v) is 5.63. The summed E-state index contributed by atoms with van der Waals surface area (Å²) in [6.45, 7) is 4.06. The van der Waals surface area contributed by atoms with Crippen LogP contribution in [0.15, 0.2) is 40.9 Å². The Morgan fingerprint density at radius 3 is 2.45 bits per heavy atom. The number of anilines is 1. The Bertz CT molecular complexity index is 598. The maximum Gasteiger partial charge on any atom is 0.143 e. The van der Waals surface area contributed by atoms with E-state index in [2.05, 4.69) is 21.2 Å². The van der Waals surface area contributed by atoms with Crippen molar-refractivity contribution in [2.45, 2.75) is 19.9 Å². The highest BCUT2D eigenvalue weighted by atomic mass is 79.9. The minimum atomic E-state index is -0.224. The molecule has 20 heavy (non-hydrogen) atoms. The van der Waals surface area contributed by atoms with E-state index >= 15 is 0 Å². The first-order valence-electron chi connectivity index (χ1n) is 6.37. The van der Waals surface area contributed by atoms with Crippen molar-refractivity contribution in [2.24, 2.45) is 0 Å². The third-order valence-electron chi connectivity index (χ3n) is 3.21. The van der Waals surface area contributed by atoms with Crippen LogP contribution in [0.2, 0.25) is 0 Å². The Kier molecular flexibility index (Phi) is 4.65. The van der Waals surface area contributed by atoms with Crippen LogP contribution in [0.4, 0.5) is 10.1 Å². The molecule has 0 aliphatic heterocycles. The van der Waals surface area contributed by atoms with E-state index < -0.39 is 0 Å². The summed E-state index contributed by atoms with van der Waals surface area (Å²) in [4.78, 5) is 0. The summed E-state index contributed by atoms with van der Waals surface area (Å²) in [5.74, 6) is 0.559. The Hall–Kier alpha value is -1.55. The van der Waals surface area contributed by atoms with Gasteiger partial charge in [-0.3, -0.25) is 0 Å². The molecule has 0 heterocycles. The first-order valence-corrected chi connectivity index (χ1v) is 7.16. The summed E-state index contributed by atoms with van der Waals surface area (Å²) in [5, 5.41) is 3.42. The number of hydrogen-bond acceptors (Lipinski definition) is 2. The number of halogens is 2. The monoisotopic (exact) mass is 337 g/mol. The van der Waals surface area contributed by atoms with Gasteiger partial charge in [0.05, 0.1) is 12.8 Å². The summed E-state index contributed by atoms with van der Waals surface area (Å²) in [5.41, 5.74) is 3.06. The number of benzene rings is 2. The van der Waals surface area contributed by atoms with Crippen molar-refractivity contribution >= 4 is 21.6 Å². The van der Waals surface area contributed by atoms with Crippen molar-refractivity contribution in [3.63, 3.8) is 0 Å². The zero-order valence-corrected chi connectivity index (χ0v) is 13.3. The summed E-state index contributed by atoms with van der Waals surface area (Å²) in [6.07, 6.45) is 0. The van der Waals surface area contributed by atoms with Crippen molar-refractivity contribution in [1.82, 2.24) is 0 Å². The van der Waals surface area contributed by atoms with E-state index in [-0.39, 0.29) is 11.9 Å². The molecule has 0 spiro atoms. The van der Waals surface area contributed by atoms with Crippen LogP contribution in [0.5, 0.6) is 5.75 Å². The predicted molar refractivity (Wildman–Crippen MR) is 83.9 cm³/mol. The van der Waals surface area contributed by atoms with Gasteiger partial charge in [0, 0.05) is 10.5 Å². The molecule has 0 bridgehead atoms. The topological polar surface area (TPSA) is 21.3 Å². The molecule has 0 amide bonds. The molecule has 106 valence electrons. The number of nitrogens with one attached hydrogen (secondary N) is 1. The molecule has 0 aromatic heterocycles. The molecule has 4 heteroatoms. The van der Waals surface area contributed by atoms with Gasteiger partial charge in [-0.15, -0.1) is 0 Å². The number of rotatable bonds is 4. The van der Waals surface area contributed by atoms with E-state index in [9.17, 15) is 4.39 Å². The maximum absolute atomic E-state index is 13.0. The Balaban J connectivity index is 2.27. The second-order valence-electron chi connectivity index (χ2n) is 4.72. The van der Waals surface area contributed by atoms with Crippen molar-refractivity contribution in [2.75, 3.05) is 12.4 Å². The van der Waals surface area contributed by atoms with E-state index in [1.54, 1.807) is 19.2 Å². The van der Waals surface area contributed by atoms with Crippen molar-refractivity contribution in [3.8, 4) is 5.75 Å². The highest BCUT2D eigenvalue weighted by molar-refractivity contribution is 9.10. The van der Waals surface area contributed by atoms with Gasteiger partial charge in [-0.05, 0) is 49.2 Å². The largest absolute Gasteiger partial charge is 0.495 e. The van der Waals surface area contributed by atoms with E-state index in [4.69, 9.17) is 4.74 Å². The highest BCUT2D eigenvalue weighted by Gasteiger charge is 2.12. The molecule has 0 aliphatic carbocycles. The van der Waals surface area contributed by atoms with Crippen LogP contribution < -0.4 is 10.1 Å². The van der Waals surface area contributed by atoms with Gasteiger partial charge in [-0.25, -0.2) is 4.39 Å². The van der Waals surface area contributed by atoms with E-state index in [1.807, 2.05) is 26.0 Å². The van der Waals surface area contributed by atoms with Gasteiger partial charge in [-0.2, -0.15) is 0 Å². The van der Waals surface area contributed by atoms with Gasteiger partial charge in [0.15, 0.2) is 0 Å². The van der Waals surface area contributed by atoms with E-state index in [0.29, 0.717) is 0 Å². The average molecular weight is 338 g/mol. The van der Waals surface area contributed by atoms with E-state index in [0.717, 1.165) is 27.0 Å². The molecule has 1 N–H and O–H groups in total. The standard InChI is InChI=1S/C16H17BrFNO/c1-10-8-13(17)9-15(20-3)16(10)19-11(2)12-4-6-14(18)7-5-12/h4-9,11,19H,1-3H3. The number of ether oxygens (including phenoxy) is 1. The fraction of sp³-hybridized carbons (Fsp3) is 0.250. The van der Waals surface area contributed by atoms with Gasteiger partial charge < -0.3 is 10.1 Å². The summed E-state index contributed by atoms with van der Waals surface area (Å²) < 4.78 is 19.3. The van der Waals surface area contributed by atoms with E-state index in [1.165, 1.54) is 12.1 Å². The molecule has 1 unspecified atom stereocenters. The molecule has 0 saturated heterocycles. The molecule has 2 aromatic rings. The zero-order valence-electron chi connectivity index (χ0n) is 11.7. The van der Waals surface area contributed by atoms with Crippen LogP contribution in [-0.2, 0) is 0 Å². The Morgan fingerprint density at radius 2 is 1.85 bits per heavy atom. The van der Waals surface area contributed by atoms with Crippen LogP contribution in [0.3, 0.4) is 0 Å².